The molecular weight excluding hydrogens is 333 g/mol. The smallest absolute Gasteiger partial charge is 0.118 e. The summed E-state index contributed by atoms with van der Waals surface area (Å²) in [5.74, 6) is 0.696. The van der Waals surface area contributed by atoms with Crippen LogP contribution in [0.2, 0.25) is 0 Å². The van der Waals surface area contributed by atoms with E-state index in [4.69, 9.17) is 0 Å². The maximum Gasteiger partial charge on any atom is 0.118 e. The van der Waals surface area contributed by atoms with Crippen molar-refractivity contribution in [1.82, 2.24) is 4.90 Å². The largest absolute Gasteiger partial charge is 0.300 e. The zero-order valence-electron chi connectivity index (χ0n) is 17.0. The van der Waals surface area contributed by atoms with E-state index in [1.54, 1.807) is 13.8 Å². The quantitative estimate of drug-likeness (QED) is 0.549. The zero-order chi connectivity index (χ0) is 19.4. The number of aryl methyl sites for hydroxylation is 1. The Bertz CT molecular complexity index is 752. The van der Waals surface area contributed by atoms with E-state index in [0.717, 1.165) is 25.1 Å². The van der Waals surface area contributed by atoms with Crippen LogP contribution < -0.4 is 0 Å². The third-order valence-corrected chi connectivity index (χ3v) is 5.48. The minimum Gasteiger partial charge on any atom is -0.300 e. The molecule has 1 nitrogen and oxygen atoms in total. The monoisotopic (exact) mass is 365 g/mol. The van der Waals surface area contributed by atoms with E-state index in [1.165, 1.54) is 35.1 Å². The standard InChI is InChI=1S/C25H32FN/c1-19(2)22-11-13-24(14-12-22)23-9-7-20(8-10-23)5-6-21-15-16-27(17-21)18-25(3,4)26/h7-14,21H,1,5-6,15-18H2,2-4H3. The Morgan fingerprint density at radius 2 is 1.67 bits per heavy atom. The van der Waals surface area contributed by atoms with E-state index < -0.39 is 5.67 Å². The average Bonchev–Trinajstić information content (AvgIpc) is 3.06. The van der Waals surface area contributed by atoms with E-state index in [2.05, 4.69) is 60.0 Å². The molecule has 3 rings (SSSR count). The summed E-state index contributed by atoms with van der Waals surface area (Å²) in [6.45, 7) is 12.0. The van der Waals surface area contributed by atoms with Gasteiger partial charge in [-0.15, -0.1) is 0 Å². The molecule has 2 aromatic carbocycles. The minimum absolute atomic E-state index is 0.558. The van der Waals surface area contributed by atoms with Gasteiger partial charge in [-0.2, -0.15) is 0 Å². The summed E-state index contributed by atoms with van der Waals surface area (Å²) in [5, 5.41) is 0. The van der Waals surface area contributed by atoms with Crippen LogP contribution in [-0.2, 0) is 6.42 Å². The van der Waals surface area contributed by atoms with Crippen LogP contribution in [0.4, 0.5) is 4.39 Å². The van der Waals surface area contributed by atoms with Crippen molar-refractivity contribution >= 4 is 5.57 Å². The molecule has 0 aliphatic carbocycles. The lowest BCUT2D eigenvalue weighted by atomic mass is 9.96. The van der Waals surface area contributed by atoms with Gasteiger partial charge in [-0.1, -0.05) is 60.7 Å². The summed E-state index contributed by atoms with van der Waals surface area (Å²) in [6, 6.07) is 17.5. The summed E-state index contributed by atoms with van der Waals surface area (Å²) >= 11 is 0. The second-order valence-electron chi connectivity index (χ2n) is 8.70. The topological polar surface area (TPSA) is 3.24 Å². The van der Waals surface area contributed by atoms with Gasteiger partial charge < -0.3 is 0 Å². The van der Waals surface area contributed by atoms with E-state index in [0.29, 0.717) is 12.5 Å². The van der Waals surface area contributed by atoms with Gasteiger partial charge in [0.05, 0.1) is 0 Å². The van der Waals surface area contributed by atoms with Gasteiger partial charge in [0.25, 0.3) is 0 Å². The molecule has 1 aliphatic heterocycles. The molecule has 2 heteroatoms. The van der Waals surface area contributed by atoms with Crippen LogP contribution in [-0.4, -0.2) is 30.2 Å². The van der Waals surface area contributed by atoms with Gasteiger partial charge in [0.1, 0.15) is 5.67 Å². The number of halogens is 1. The van der Waals surface area contributed by atoms with E-state index in [1.807, 2.05) is 6.92 Å². The number of hydrogen-bond donors (Lipinski definition) is 0. The highest BCUT2D eigenvalue weighted by atomic mass is 19.1. The summed E-state index contributed by atoms with van der Waals surface area (Å²) in [7, 11) is 0. The molecule has 2 aromatic rings. The highest BCUT2D eigenvalue weighted by molar-refractivity contribution is 5.68. The van der Waals surface area contributed by atoms with Gasteiger partial charge in [-0.3, -0.25) is 4.90 Å². The fraction of sp³-hybridized carbons (Fsp3) is 0.440. The van der Waals surface area contributed by atoms with E-state index >= 15 is 0 Å². The van der Waals surface area contributed by atoms with E-state index in [9.17, 15) is 4.39 Å². The number of benzene rings is 2. The number of alkyl halides is 1. The van der Waals surface area contributed by atoms with Crippen molar-refractivity contribution in [1.29, 1.82) is 0 Å². The predicted molar refractivity (Wildman–Crippen MR) is 115 cm³/mol. The third kappa shape index (κ3) is 5.77. The zero-order valence-corrected chi connectivity index (χ0v) is 17.0. The Balaban J connectivity index is 1.52. The fourth-order valence-electron chi connectivity index (χ4n) is 4.01. The Labute approximate surface area is 163 Å². The highest BCUT2D eigenvalue weighted by Gasteiger charge is 2.27. The molecule has 1 saturated heterocycles. The van der Waals surface area contributed by atoms with Crippen molar-refractivity contribution < 1.29 is 4.39 Å². The molecule has 0 N–H and O–H groups in total. The van der Waals surface area contributed by atoms with Crippen LogP contribution in [0.15, 0.2) is 55.1 Å². The lowest BCUT2D eigenvalue weighted by molar-refractivity contribution is 0.140. The number of hydrogen-bond acceptors (Lipinski definition) is 1. The van der Waals surface area contributed by atoms with Crippen molar-refractivity contribution in [3.63, 3.8) is 0 Å². The molecule has 0 spiro atoms. The first kappa shape index (κ1) is 19.8. The molecule has 27 heavy (non-hydrogen) atoms. The van der Waals surface area contributed by atoms with Gasteiger partial charge >= 0.3 is 0 Å². The maximum atomic E-state index is 13.8. The van der Waals surface area contributed by atoms with E-state index in [-0.39, 0.29) is 0 Å². The van der Waals surface area contributed by atoms with Crippen LogP contribution in [0.5, 0.6) is 0 Å². The lowest BCUT2D eigenvalue weighted by Crippen LogP contribution is -2.34. The molecule has 1 atom stereocenters. The molecule has 144 valence electrons. The molecule has 0 bridgehead atoms. The molecule has 0 saturated carbocycles. The fourth-order valence-corrected chi connectivity index (χ4v) is 4.01. The van der Waals surface area contributed by atoms with Gasteiger partial charge in [0.15, 0.2) is 0 Å². The summed E-state index contributed by atoms with van der Waals surface area (Å²) < 4.78 is 13.8. The van der Waals surface area contributed by atoms with Crippen LogP contribution in [0.1, 0.15) is 44.7 Å². The van der Waals surface area contributed by atoms with Crippen LogP contribution in [0.3, 0.4) is 0 Å². The molecule has 1 unspecified atom stereocenters. The first-order chi connectivity index (χ1) is 12.8. The molecule has 1 heterocycles. The summed E-state index contributed by atoms with van der Waals surface area (Å²) in [5.41, 5.74) is 5.08. The number of likely N-dealkylation sites (tertiary alicyclic amines) is 1. The van der Waals surface area contributed by atoms with Gasteiger partial charge in [0, 0.05) is 13.1 Å². The second kappa shape index (κ2) is 8.39. The molecular formula is C25H32FN. The number of allylic oxidation sites excluding steroid dienone is 1. The van der Waals surface area contributed by atoms with Crippen LogP contribution in [0.25, 0.3) is 16.7 Å². The Morgan fingerprint density at radius 1 is 1.07 bits per heavy atom. The Kier molecular flexibility index (Phi) is 6.16. The molecule has 0 aromatic heterocycles. The van der Waals surface area contributed by atoms with Crippen LogP contribution in [0, 0.1) is 5.92 Å². The SMILES string of the molecule is C=C(C)c1ccc(-c2ccc(CCC3CCN(CC(C)(C)F)C3)cc2)cc1. The highest BCUT2D eigenvalue weighted by Crippen LogP contribution is 2.26. The maximum absolute atomic E-state index is 13.8. The Morgan fingerprint density at radius 3 is 2.22 bits per heavy atom. The summed E-state index contributed by atoms with van der Waals surface area (Å²) in [6.07, 6.45) is 3.49. The van der Waals surface area contributed by atoms with Gasteiger partial charge in [-0.05, 0) is 74.8 Å². The predicted octanol–water partition coefficient (Wildman–Crippen LogP) is 6.39. The van der Waals surface area contributed by atoms with Gasteiger partial charge in [0.2, 0.25) is 0 Å². The van der Waals surface area contributed by atoms with Crippen molar-refractivity contribution in [3.05, 3.63) is 66.2 Å². The van der Waals surface area contributed by atoms with Crippen LogP contribution >= 0.6 is 0 Å². The van der Waals surface area contributed by atoms with Crippen molar-refractivity contribution in [3.8, 4) is 11.1 Å². The molecule has 1 fully saturated rings. The Hall–Kier alpha value is -1.93. The van der Waals surface area contributed by atoms with Crippen molar-refractivity contribution in [2.45, 2.75) is 45.7 Å². The van der Waals surface area contributed by atoms with Crippen molar-refractivity contribution in [2.24, 2.45) is 5.92 Å². The second-order valence-corrected chi connectivity index (χ2v) is 8.70. The molecule has 0 amide bonds. The van der Waals surface area contributed by atoms with Crippen molar-refractivity contribution in [2.75, 3.05) is 19.6 Å². The lowest BCUT2D eigenvalue weighted by Gasteiger charge is -2.23. The summed E-state index contributed by atoms with van der Waals surface area (Å²) in [4.78, 5) is 2.28. The average molecular weight is 366 g/mol. The first-order valence-electron chi connectivity index (χ1n) is 10.1. The third-order valence-electron chi connectivity index (χ3n) is 5.48. The molecule has 0 radical (unpaired) electrons. The normalized spacial score (nSPS) is 18.0. The number of rotatable bonds is 7. The number of nitrogens with zero attached hydrogens (tertiary/aromatic N) is 1. The first-order valence-corrected chi connectivity index (χ1v) is 10.1. The van der Waals surface area contributed by atoms with Gasteiger partial charge in [-0.25, -0.2) is 4.39 Å². The minimum atomic E-state index is -1.09. The molecule has 1 aliphatic rings.